The Morgan fingerprint density at radius 1 is 1.30 bits per heavy atom. The Bertz CT molecular complexity index is 1390. The molecule has 1 aromatic carbocycles. The second kappa shape index (κ2) is 10.3. The van der Waals surface area contributed by atoms with Crippen molar-refractivity contribution in [2.24, 2.45) is 0 Å². The molecule has 1 N–H and O–H groups in total. The number of likely N-dealkylation sites (tertiary alicyclic amines) is 1. The number of anilines is 1. The van der Waals surface area contributed by atoms with Gasteiger partial charge in [-0.2, -0.15) is 5.26 Å². The zero-order valence-electron chi connectivity index (χ0n) is 21.1. The molecule has 1 fully saturated rings. The van der Waals surface area contributed by atoms with E-state index in [0.717, 1.165) is 46.8 Å². The average Bonchev–Trinajstić information content (AvgIpc) is 3.32. The topological polar surface area (TPSA) is 90.1 Å². The molecule has 37 heavy (non-hydrogen) atoms. The summed E-state index contributed by atoms with van der Waals surface area (Å²) in [5.74, 6) is 0.873. The van der Waals surface area contributed by atoms with Crippen LogP contribution in [0.15, 0.2) is 36.7 Å². The molecule has 1 saturated heterocycles. The SMILES string of the molecule is CC(C)NC(=O)N1CCC2(CC1)C(=S)N(Cc1nc3cc(Cl)ccc3n1CCCC#N)c1cnccc12. The van der Waals surface area contributed by atoms with Gasteiger partial charge in [0.25, 0.3) is 0 Å². The van der Waals surface area contributed by atoms with Crippen molar-refractivity contribution in [2.75, 3.05) is 18.0 Å². The summed E-state index contributed by atoms with van der Waals surface area (Å²) in [6.07, 6.45) is 6.44. The van der Waals surface area contributed by atoms with Gasteiger partial charge in [-0.3, -0.25) is 4.98 Å². The molecule has 0 radical (unpaired) electrons. The lowest BCUT2D eigenvalue weighted by atomic mass is 9.74. The van der Waals surface area contributed by atoms with Crippen LogP contribution in [0.5, 0.6) is 0 Å². The van der Waals surface area contributed by atoms with Crippen LogP contribution in [-0.4, -0.2) is 49.6 Å². The van der Waals surface area contributed by atoms with E-state index in [0.29, 0.717) is 37.6 Å². The second-order valence-electron chi connectivity index (χ2n) is 10.0. The number of hydrogen-bond donors (Lipinski definition) is 1. The number of fused-ring (bicyclic) bond motifs is 3. The number of nitrogens with zero attached hydrogens (tertiary/aromatic N) is 6. The number of amides is 2. The number of nitrogens with one attached hydrogen (secondary N) is 1. The lowest BCUT2D eigenvalue weighted by Gasteiger charge is -2.40. The van der Waals surface area contributed by atoms with Crippen LogP contribution in [0, 0.1) is 11.3 Å². The first-order chi connectivity index (χ1) is 17.8. The van der Waals surface area contributed by atoms with Crippen LogP contribution in [0.2, 0.25) is 5.02 Å². The summed E-state index contributed by atoms with van der Waals surface area (Å²) < 4.78 is 2.17. The number of hydrogen-bond acceptors (Lipinski definition) is 5. The van der Waals surface area contributed by atoms with Gasteiger partial charge < -0.3 is 19.7 Å². The maximum absolute atomic E-state index is 12.6. The lowest BCUT2D eigenvalue weighted by Crippen LogP contribution is -2.52. The Kier molecular flexibility index (Phi) is 7.06. The van der Waals surface area contributed by atoms with Gasteiger partial charge in [0.15, 0.2) is 0 Å². The predicted octanol–water partition coefficient (Wildman–Crippen LogP) is 5.19. The van der Waals surface area contributed by atoms with Crippen molar-refractivity contribution in [3.63, 3.8) is 0 Å². The number of aryl methyl sites for hydroxylation is 1. The number of urea groups is 1. The molecule has 0 unspecified atom stereocenters. The summed E-state index contributed by atoms with van der Waals surface area (Å²) in [6, 6.07) is 10.1. The number of aromatic nitrogens is 3. The van der Waals surface area contributed by atoms with Gasteiger partial charge in [-0.1, -0.05) is 23.8 Å². The first kappa shape index (κ1) is 25.4. The van der Waals surface area contributed by atoms with Crippen molar-refractivity contribution < 1.29 is 4.79 Å². The van der Waals surface area contributed by atoms with E-state index in [1.165, 1.54) is 5.56 Å². The number of rotatable bonds is 6. The zero-order chi connectivity index (χ0) is 26.2. The Morgan fingerprint density at radius 2 is 2.08 bits per heavy atom. The minimum Gasteiger partial charge on any atom is -0.336 e. The molecule has 0 atom stereocenters. The Labute approximate surface area is 227 Å². The van der Waals surface area contributed by atoms with Crippen molar-refractivity contribution >= 4 is 51.6 Å². The number of piperidine rings is 1. The average molecular weight is 536 g/mol. The summed E-state index contributed by atoms with van der Waals surface area (Å²) in [7, 11) is 0. The van der Waals surface area contributed by atoms with E-state index in [9.17, 15) is 4.79 Å². The highest BCUT2D eigenvalue weighted by atomic mass is 35.5. The van der Waals surface area contributed by atoms with Crippen LogP contribution < -0.4 is 10.2 Å². The van der Waals surface area contributed by atoms with E-state index in [1.807, 2.05) is 49.3 Å². The molecule has 0 bridgehead atoms. The molecule has 2 aromatic heterocycles. The Hall–Kier alpha value is -3.22. The maximum Gasteiger partial charge on any atom is 0.317 e. The first-order valence-electron chi connectivity index (χ1n) is 12.7. The van der Waals surface area contributed by atoms with Gasteiger partial charge in [-0.25, -0.2) is 9.78 Å². The van der Waals surface area contributed by atoms with E-state index in [4.69, 9.17) is 34.1 Å². The van der Waals surface area contributed by atoms with E-state index in [-0.39, 0.29) is 17.5 Å². The van der Waals surface area contributed by atoms with Gasteiger partial charge in [0.2, 0.25) is 0 Å². The molecule has 192 valence electrons. The summed E-state index contributed by atoms with van der Waals surface area (Å²) >= 11 is 12.4. The molecule has 3 aromatic rings. The lowest BCUT2D eigenvalue weighted by molar-refractivity contribution is 0.172. The van der Waals surface area contributed by atoms with Gasteiger partial charge in [-0.05, 0) is 62.9 Å². The number of carbonyl (C=O) groups excluding carboxylic acids is 1. The monoisotopic (exact) mass is 535 g/mol. The molecular weight excluding hydrogens is 506 g/mol. The molecule has 0 saturated carbocycles. The van der Waals surface area contributed by atoms with Crippen LogP contribution >= 0.6 is 23.8 Å². The smallest absolute Gasteiger partial charge is 0.317 e. The number of imidazole rings is 1. The van der Waals surface area contributed by atoms with Gasteiger partial charge in [0, 0.05) is 43.3 Å². The Balaban J connectivity index is 1.45. The van der Waals surface area contributed by atoms with Gasteiger partial charge in [-0.15, -0.1) is 0 Å². The fourth-order valence-electron chi connectivity index (χ4n) is 5.54. The molecule has 2 aliphatic rings. The van der Waals surface area contributed by atoms with E-state index < -0.39 is 0 Å². The largest absolute Gasteiger partial charge is 0.336 e. The fraction of sp³-hybridized carbons (Fsp3) is 0.444. The molecule has 2 aliphatic heterocycles. The number of nitriles is 1. The first-order valence-corrected chi connectivity index (χ1v) is 13.5. The minimum absolute atomic E-state index is 0.0229. The van der Waals surface area contributed by atoms with Crippen molar-refractivity contribution in [3.8, 4) is 6.07 Å². The van der Waals surface area contributed by atoms with Gasteiger partial charge in [0.05, 0.1) is 45.9 Å². The zero-order valence-corrected chi connectivity index (χ0v) is 22.6. The molecule has 0 aliphatic carbocycles. The highest BCUT2D eigenvalue weighted by Crippen LogP contribution is 2.49. The number of halogens is 1. The van der Waals surface area contributed by atoms with Crippen LogP contribution in [-0.2, 0) is 18.5 Å². The van der Waals surface area contributed by atoms with E-state index >= 15 is 0 Å². The molecule has 4 heterocycles. The van der Waals surface area contributed by atoms with E-state index in [2.05, 4.69) is 31.9 Å². The highest BCUT2D eigenvalue weighted by molar-refractivity contribution is 7.80. The third kappa shape index (κ3) is 4.64. The summed E-state index contributed by atoms with van der Waals surface area (Å²) in [4.78, 5) is 26.9. The van der Waals surface area contributed by atoms with E-state index in [1.54, 1.807) is 0 Å². The van der Waals surface area contributed by atoms with Crippen LogP contribution in [0.3, 0.4) is 0 Å². The van der Waals surface area contributed by atoms with Crippen LogP contribution in [0.1, 0.15) is 50.9 Å². The second-order valence-corrected chi connectivity index (χ2v) is 10.9. The number of carbonyl (C=O) groups is 1. The maximum atomic E-state index is 12.6. The van der Waals surface area contributed by atoms with Crippen molar-refractivity contribution in [2.45, 2.75) is 64.1 Å². The minimum atomic E-state index is -0.316. The van der Waals surface area contributed by atoms with Crippen molar-refractivity contribution in [1.82, 2.24) is 24.8 Å². The third-order valence-electron chi connectivity index (χ3n) is 7.34. The van der Waals surface area contributed by atoms with Gasteiger partial charge >= 0.3 is 6.03 Å². The van der Waals surface area contributed by atoms with Crippen LogP contribution in [0.4, 0.5) is 10.5 Å². The fourth-order valence-corrected chi connectivity index (χ4v) is 6.18. The quantitative estimate of drug-likeness (QED) is 0.345. The number of unbranched alkanes of at least 4 members (excludes halogenated alkanes) is 1. The number of thiocarbonyl (C=S) groups is 1. The summed E-state index contributed by atoms with van der Waals surface area (Å²) in [5, 5.41) is 12.7. The Morgan fingerprint density at radius 3 is 2.81 bits per heavy atom. The van der Waals surface area contributed by atoms with Crippen LogP contribution in [0.25, 0.3) is 11.0 Å². The molecule has 1 spiro atoms. The van der Waals surface area contributed by atoms with Crippen molar-refractivity contribution in [3.05, 3.63) is 53.1 Å². The molecule has 2 amide bonds. The van der Waals surface area contributed by atoms with Crippen molar-refractivity contribution in [1.29, 1.82) is 5.26 Å². The standard InChI is InChI=1S/C27H30ClN7OS/c1-18(2)31-26(36)33-13-8-27(9-14-33)20-7-11-30-16-23(20)35(25(27)37)17-24-32-21-15-19(28)5-6-22(21)34(24)12-4-3-10-29/h5-7,11,15-16,18H,3-4,8-9,12-14,17H2,1-2H3,(H,31,36). The normalized spacial score (nSPS) is 16.5. The third-order valence-corrected chi connectivity index (χ3v) is 8.18. The van der Waals surface area contributed by atoms with Gasteiger partial charge in [0.1, 0.15) is 5.82 Å². The number of pyridine rings is 1. The predicted molar refractivity (Wildman–Crippen MR) is 149 cm³/mol. The summed E-state index contributed by atoms with van der Waals surface area (Å²) in [6.45, 7) is 6.40. The summed E-state index contributed by atoms with van der Waals surface area (Å²) in [5.41, 5.74) is 3.68. The molecule has 5 rings (SSSR count). The molecular formula is C27H30ClN7OS. The number of benzene rings is 1. The molecule has 8 nitrogen and oxygen atoms in total. The highest BCUT2D eigenvalue weighted by Gasteiger charge is 2.50. The molecule has 10 heteroatoms.